The van der Waals surface area contributed by atoms with E-state index in [4.69, 9.17) is 22.1 Å². The Kier molecular flexibility index (Phi) is 7.92. The molecule has 1 saturated heterocycles. The molecule has 9 nitrogen and oxygen atoms in total. The summed E-state index contributed by atoms with van der Waals surface area (Å²) in [5, 5.41) is 7.53. The van der Waals surface area contributed by atoms with E-state index in [1.165, 1.54) is 31.9 Å². The highest BCUT2D eigenvalue weighted by molar-refractivity contribution is 7.70. The molecule has 3 aromatic rings. The molecule has 1 spiro atoms. The average Bonchev–Trinajstić information content (AvgIpc) is 2.89. The van der Waals surface area contributed by atoms with Gasteiger partial charge in [-0.3, -0.25) is 0 Å². The number of nitrogens with one attached hydrogen (secondary N) is 2. The van der Waals surface area contributed by atoms with E-state index in [1.807, 2.05) is 36.4 Å². The van der Waals surface area contributed by atoms with Gasteiger partial charge in [0.15, 0.2) is 5.82 Å². The molecule has 214 valence electrons. The van der Waals surface area contributed by atoms with Crippen molar-refractivity contribution in [1.82, 2.24) is 14.9 Å². The smallest absolute Gasteiger partial charge is 0.229 e. The monoisotopic (exact) mass is 583 g/mol. The summed E-state index contributed by atoms with van der Waals surface area (Å²) >= 11 is 6.43. The van der Waals surface area contributed by atoms with Crippen LogP contribution in [0.4, 0.5) is 34.5 Å². The first-order chi connectivity index (χ1) is 19.0. The van der Waals surface area contributed by atoms with Gasteiger partial charge in [-0.2, -0.15) is 4.98 Å². The second-order valence-electron chi connectivity index (χ2n) is 11.7. The molecule has 1 aliphatic carbocycles. The first kappa shape index (κ1) is 28.5. The van der Waals surface area contributed by atoms with Gasteiger partial charge in [0.05, 0.1) is 36.1 Å². The topological polar surface area (TPSA) is 109 Å². The van der Waals surface area contributed by atoms with Gasteiger partial charge < -0.3 is 35.5 Å². The van der Waals surface area contributed by atoms with Gasteiger partial charge in [-0.1, -0.05) is 23.7 Å². The summed E-state index contributed by atoms with van der Waals surface area (Å²) < 4.78 is 18.5. The van der Waals surface area contributed by atoms with Crippen LogP contribution < -0.4 is 31.3 Å². The number of rotatable bonds is 8. The quantitative estimate of drug-likeness (QED) is 0.225. The van der Waals surface area contributed by atoms with Gasteiger partial charge in [0.2, 0.25) is 5.95 Å². The van der Waals surface area contributed by atoms with Crippen molar-refractivity contribution in [2.75, 3.05) is 68.9 Å². The normalized spacial score (nSPS) is 17.1. The number of nitrogens with zero attached hydrogens (tertiary/aromatic N) is 4. The maximum Gasteiger partial charge on any atom is 0.229 e. The molecule has 2 aliphatic rings. The first-order valence-electron chi connectivity index (χ1n) is 13.6. The van der Waals surface area contributed by atoms with Crippen LogP contribution in [-0.2, 0) is 4.57 Å². The third-order valence-electron chi connectivity index (χ3n) is 8.22. The van der Waals surface area contributed by atoms with Gasteiger partial charge in [0, 0.05) is 35.9 Å². The van der Waals surface area contributed by atoms with Gasteiger partial charge in [0.25, 0.3) is 0 Å². The maximum absolute atomic E-state index is 12.8. The zero-order valence-electron chi connectivity index (χ0n) is 23.9. The van der Waals surface area contributed by atoms with Crippen LogP contribution in [0.1, 0.15) is 25.7 Å². The third kappa shape index (κ3) is 5.87. The van der Waals surface area contributed by atoms with Gasteiger partial charge in [-0.05, 0) is 71.3 Å². The van der Waals surface area contributed by atoms with Crippen molar-refractivity contribution in [3.05, 3.63) is 47.6 Å². The molecule has 0 atom stereocenters. The SMILES string of the molecule is COc1cc(N2CC3(CCC(N(C)C)CC3)C2)c(N)cc1Nc1ncc(Cl)c(Nc2ccccc2P(C)(C)=O)n1. The van der Waals surface area contributed by atoms with E-state index in [2.05, 4.69) is 44.5 Å². The predicted molar refractivity (Wildman–Crippen MR) is 167 cm³/mol. The van der Waals surface area contributed by atoms with E-state index in [0.717, 1.165) is 24.1 Å². The van der Waals surface area contributed by atoms with Crippen LogP contribution in [0.15, 0.2) is 42.6 Å². The molecule has 0 radical (unpaired) electrons. The lowest BCUT2D eigenvalue weighted by molar-refractivity contribution is 0.0889. The van der Waals surface area contributed by atoms with Gasteiger partial charge in [0.1, 0.15) is 17.9 Å². The number of anilines is 6. The van der Waals surface area contributed by atoms with Crippen molar-refractivity contribution in [2.45, 2.75) is 31.7 Å². The molecule has 2 aromatic carbocycles. The van der Waals surface area contributed by atoms with E-state index in [9.17, 15) is 4.57 Å². The summed E-state index contributed by atoms with van der Waals surface area (Å²) in [5.41, 5.74) is 9.96. The Balaban J connectivity index is 1.32. The number of benzene rings is 2. The number of nitrogens with two attached hydrogens (primary N) is 1. The summed E-state index contributed by atoms with van der Waals surface area (Å²) in [6, 6.07) is 12.0. The molecule has 2 fully saturated rings. The number of hydrogen-bond donors (Lipinski definition) is 3. The Morgan fingerprint density at radius 3 is 2.48 bits per heavy atom. The molecule has 0 bridgehead atoms. The summed E-state index contributed by atoms with van der Waals surface area (Å²) in [6.45, 7) is 5.51. The second-order valence-corrected chi connectivity index (χ2v) is 15.3. The molecular weight excluding hydrogens is 545 g/mol. The minimum Gasteiger partial charge on any atom is -0.494 e. The number of methoxy groups -OCH3 is 1. The highest BCUT2D eigenvalue weighted by atomic mass is 35.5. The van der Waals surface area contributed by atoms with Crippen LogP contribution in [-0.4, -0.2) is 68.5 Å². The number of nitrogen functional groups attached to an aromatic ring is 1. The second kappa shape index (κ2) is 11.1. The molecular formula is C29H39ClN7O2P. The Bertz CT molecular complexity index is 1430. The summed E-state index contributed by atoms with van der Waals surface area (Å²) in [6.07, 6.45) is 6.54. The number of aromatic nitrogens is 2. The van der Waals surface area contributed by atoms with Crippen LogP contribution >= 0.6 is 18.7 Å². The molecule has 1 saturated carbocycles. The zero-order chi connectivity index (χ0) is 28.7. The van der Waals surface area contributed by atoms with Crippen molar-refractivity contribution in [1.29, 1.82) is 0 Å². The predicted octanol–water partition coefficient (Wildman–Crippen LogP) is 5.77. The van der Waals surface area contributed by atoms with Gasteiger partial charge in [-0.15, -0.1) is 0 Å². The minimum atomic E-state index is -2.52. The van der Waals surface area contributed by atoms with E-state index in [0.29, 0.717) is 51.1 Å². The molecule has 1 aromatic heterocycles. The van der Waals surface area contributed by atoms with Crippen molar-refractivity contribution in [3.8, 4) is 5.75 Å². The lowest BCUT2D eigenvalue weighted by atomic mass is 9.67. The molecule has 40 heavy (non-hydrogen) atoms. The lowest BCUT2D eigenvalue weighted by Crippen LogP contribution is -2.59. The van der Waals surface area contributed by atoms with E-state index < -0.39 is 7.14 Å². The van der Waals surface area contributed by atoms with Crippen LogP contribution in [0.25, 0.3) is 0 Å². The number of halogens is 1. The van der Waals surface area contributed by atoms with Gasteiger partial charge in [-0.25, -0.2) is 4.98 Å². The molecule has 0 unspecified atom stereocenters. The number of ether oxygens (including phenoxy) is 1. The van der Waals surface area contributed by atoms with Crippen molar-refractivity contribution in [3.63, 3.8) is 0 Å². The van der Waals surface area contributed by atoms with Crippen LogP contribution in [0.2, 0.25) is 5.02 Å². The Morgan fingerprint density at radius 2 is 1.82 bits per heavy atom. The molecule has 4 N–H and O–H groups in total. The van der Waals surface area contributed by atoms with Crippen LogP contribution in [0.5, 0.6) is 5.75 Å². The fraction of sp³-hybridized carbons (Fsp3) is 0.448. The highest BCUT2D eigenvalue weighted by Crippen LogP contribution is 2.48. The van der Waals surface area contributed by atoms with E-state index in [-0.39, 0.29) is 0 Å². The number of para-hydroxylation sites is 1. The average molecular weight is 584 g/mol. The summed E-state index contributed by atoms with van der Waals surface area (Å²) in [5.74, 6) is 1.38. The Morgan fingerprint density at radius 1 is 1.12 bits per heavy atom. The molecule has 2 heterocycles. The molecule has 1 aliphatic heterocycles. The fourth-order valence-electron chi connectivity index (χ4n) is 5.92. The lowest BCUT2D eigenvalue weighted by Gasteiger charge is -2.55. The van der Waals surface area contributed by atoms with Crippen molar-refractivity contribution >= 4 is 58.6 Å². The first-order valence-corrected chi connectivity index (χ1v) is 16.6. The summed E-state index contributed by atoms with van der Waals surface area (Å²) in [7, 11) is 3.48. The maximum atomic E-state index is 12.8. The van der Waals surface area contributed by atoms with Crippen LogP contribution in [0.3, 0.4) is 0 Å². The standard InChI is InChI=1S/C29H39ClN7O2P/c1-36(2)19-10-12-29(13-11-19)17-37(18-29)24-15-25(39-3)23(14-21(24)31)34-28-32-16-20(30)27(35-28)33-22-8-6-7-9-26(22)40(4,5)38/h6-9,14-16,19H,10-13,17-18,31H2,1-5H3,(H2,32,33,34,35). The zero-order valence-corrected chi connectivity index (χ0v) is 25.5. The minimum absolute atomic E-state index is 0.326. The van der Waals surface area contributed by atoms with Crippen LogP contribution in [0, 0.1) is 5.41 Å². The number of hydrogen-bond acceptors (Lipinski definition) is 9. The van der Waals surface area contributed by atoms with E-state index >= 15 is 0 Å². The highest BCUT2D eigenvalue weighted by Gasteiger charge is 2.46. The summed E-state index contributed by atoms with van der Waals surface area (Å²) in [4.78, 5) is 13.7. The van der Waals surface area contributed by atoms with Crippen molar-refractivity contribution < 1.29 is 9.30 Å². The van der Waals surface area contributed by atoms with E-state index in [1.54, 1.807) is 20.4 Å². The molecule has 11 heteroatoms. The Labute approximate surface area is 241 Å². The van der Waals surface area contributed by atoms with Gasteiger partial charge >= 0.3 is 0 Å². The third-order valence-corrected chi connectivity index (χ3v) is 10.0. The Hall–Kier alpha value is -3.00. The largest absolute Gasteiger partial charge is 0.494 e. The molecule has 0 amide bonds. The van der Waals surface area contributed by atoms with Crippen molar-refractivity contribution in [2.24, 2.45) is 5.41 Å². The molecule has 5 rings (SSSR count). The fourth-order valence-corrected chi connectivity index (χ4v) is 7.21.